The van der Waals surface area contributed by atoms with Crippen molar-refractivity contribution >= 4 is 11.9 Å². The topological polar surface area (TPSA) is 95.9 Å². The molecule has 0 heterocycles. The molecule has 0 aromatic carbocycles. The van der Waals surface area contributed by atoms with E-state index in [0.717, 1.165) is 38.5 Å². The van der Waals surface area contributed by atoms with E-state index in [9.17, 15) is 19.8 Å². The van der Waals surface area contributed by atoms with Gasteiger partial charge in [0, 0.05) is 12.8 Å². The summed E-state index contributed by atoms with van der Waals surface area (Å²) in [5.41, 5.74) is 0. The van der Waals surface area contributed by atoms with Gasteiger partial charge in [0.25, 0.3) is 0 Å². The van der Waals surface area contributed by atoms with Crippen molar-refractivity contribution in [3.63, 3.8) is 0 Å². The van der Waals surface area contributed by atoms with E-state index in [2.05, 4.69) is 19.2 Å². The van der Waals surface area contributed by atoms with E-state index in [0.29, 0.717) is 19.4 Å². The number of carbonyl (C=O) groups is 2. The van der Waals surface area contributed by atoms with Crippen molar-refractivity contribution in [1.82, 2.24) is 5.32 Å². The zero-order chi connectivity index (χ0) is 48.6. The third-order valence-electron chi connectivity index (χ3n) is 14.3. The number of aliphatic hydroxyl groups excluding tert-OH is 2. The van der Waals surface area contributed by atoms with Gasteiger partial charge in [0.2, 0.25) is 5.91 Å². The van der Waals surface area contributed by atoms with E-state index in [-0.39, 0.29) is 18.5 Å². The van der Waals surface area contributed by atoms with Crippen molar-refractivity contribution in [2.45, 2.75) is 353 Å². The molecule has 0 aromatic rings. The van der Waals surface area contributed by atoms with Gasteiger partial charge in [0.15, 0.2) is 0 Å². The molecule has 6 heteroatoms. The summed E-state index contributed by atoms with van der Waals surface area (Å²) in [6.07, 6.45) is 68.3. The zero-order valence-electron chi connectivity index (χ0n) is 45.4. The van der Waals surface area contributed by atoms with Gasteiger partial charge in [-0.25, -0.2) is 0 Å². The first-order chi connectivity index (χ1) is 33.0. The fourth-order valence-electron chi connectivity index (χ4n) is 9.64. The third kappa shape index (κ3) is 53.8. The summed E-state index contributed by atoms with van der Waals surface area (Å²) < 4.78 is 5.48. The Morgan fingerprint density at radius 1 is 0.403 bits per heavy atom. The maximum absolute atomic E-state index is 12.4. The number of nitrogens with one attached hydrogen (secondary N) is 1. The smallest absolute Gasteiger partial charge is 0.305 e. The largest absolute Gasteiger partial charge is 0.466 e. The normalized spacial score (nSPS) is 12.6. The third-order valence-corrected chi connectivity index (χ3v) is 14.3. The molecule has 398 valence electrons. The SMILES string of the molecule is CCCCCCCCCCCC/C=C/C(O)C(CO)NC(=O)CCCCCCCCCCCCCCCCCCCCCCCCCCCOC(=O)CCCCCCCCCCCCCCC. The van der Waals surface area contributed by atoms with Crippen LogP contribution in [0.5, 0.6) is 0 Å². The Kier molecular flexibility index (Phi) is 56.0. The van der Waals surface area contributed by atoms with E-state index in [4.69, 9.17) is 4.74 Å². The predicted molar refractivity (Wildman–Crippen MR) is 292 cm³/mol. The lowest BCUT2D eigenvalue weighted by Crippen LogP contribution is -2.45. The Bertz CT molecular complexity index is 1000. The maximum atomic E-state index is 12.4. The van der Waals surface area contributed by atoms with Crippen LogP contribution < -0.4 is 5.32 Å². The molecule has 6 nitrogen and oxygen atoms in total. The number of hydrogen-bond acceptors (Lipinski definition) is 5. The molecule has 3 N–H and O–H groups in total. The number of aliphatic hydroxyl groups is 2. The van der Waals surface area contributed by atoms with E-state index >= 15 is 0 Å². The lowest BCUT2D eigenvalue weighted by molar-refractivity contribution is -0.143. The summed E-state index contributed by atoms with van der Waals surface area (Å²) in [7, 11) is 0. The molecule has 0 aromatic heterocycles. The molecule has 0 aliphatic heterocycles. The molecule has 0 spiro atoms. The molecular weight excluding hydrogens is 827 g/mol. The summed E-state index contributed by atoms with van der Waals surface area (Å²) in [4.78, 5) is 24.5. The Hall–Kier alpha value is -1.40. The molecule has 2 atom stereocenters. The Morgan fingerprint density at radius 3 is 1.01 bits per heavy atom. The number of rotatable bonds is 57. The highest BCUT2D eigenvalue weighted by molar-refractivity contribution is 5.76. The van der Waals surface area contributed by atoms with Crippen LogP contribution in [0.1, 0.15) is 341 Å². The van der Waals surface area contributed by atoms with Gasteiger partial charge in [0.1, 0.15) is 0 Å². The highest BCUT2D eigenvalue weighted by Crippen LogP contribution is 2.18. The molecule has 67 heavy (non-hydrogen) atoms. The van der Waals surface area contributed by atoms with Gasteiger partial charge in [-0.2, -0.15) is 0 Å². The standard InChI is InChI=1S/C61H119NO5/c1-3-5-7-9-11-13-15-30-35-39-43-47-51-55-61(66)67-56-52-48-44-40-36-32-29-27-25-23-21-19-17-18-20-22-24-26-28-31-34-38-42-46-50-54-60(65)62-58(57-63)59(64)53-49-45-41-37-33-16-14-12-10-8-6-4-2/h49,53,58-59,63-64H,3-48,50-52,54-57H2,1-2H3,(H,62,65)/b53-49+. The molecular formula is C61H119NO5. The van der Waals surface area contributed by atoms with Crippen LogP contribution in [0.2, 0.25) is 0 Å². The summed E-state index contributed by atoms with van der Waals surface area (Å²) in [6.45, 7) is 4.92. The maximum Gasteiger partial charge on any atom is 0.305 e. The molecule has 0 saturated carbocycles. The first-order valence-corrected chi connectivity index (χ1v) is 30.5. The average molecular weight is 947 g/mol. The lowest BCUT2D eigenvalue weighted by Gasteiger charge is -2.20. The number of allylic oxidation sites excluding steroid dienone is 1. The Morgan fingerprint density at radius 2 is 0.687 bits per heavy atom. The fraction of sp³-hybridized carbons (Fsp3) is 0.934. The molecule has 0 aliphatic carbocycles. The van der Waals surface area contributed by atoms with Gasteiger partial charge in [-0.1, -0.05) is 309 Å². The highest BCUT2D eigenvalue weighted by atomic mass is 16.5. The van der Waals surface area contributed by atoms with E-state index < -0.39 is 12.1 Å². The quantitative estimate of drug-likeness (QED) is 0.0321. The molecule has 0 saturated heterocycles. The number of amides is 1. The van der Waals surface area contributed by atoms with Crippen LogP contribution in [0.15, 0.2) is 12.2 Å². The Labute approximate surface area is 419 Å². The van der Waals surface area contributed by atoms with Gasteiger partial charge in [-0.3, -0.25) is 9.59 Å². The summed E-state index contributed by atoms with van der Waals surface area (Å²) in [6, 6.07) is -0.624. The van der Waals surface area contributed by atoms with Gasteiger partial charge in [-0.15, -0.1) is 0 Å². The van der Waals surface area contributed by atoms with Gasteiger partial charge < -0.3 is 20.3 Å². The summed E-state index contributed by atoms with van der Waals surface area (Å²) in [5, 5.41) is 23.1. The second kappa shape index (κ2) is 57.2. The van der Waals surface area contributed by atoms with Crippen molar-refractivity contribution in [1.29, 1.82) is 0 Å². The summed E-state index contributed by atoms with van der Waals surface area (Å²) >= 11 is 0. The monoisotopic (exact) mass is 946 g/mol. The van der Waals surface area contributed by atoms with Crippen molar-refractivity contribution < 1.29 is 24.5 Å². The van der Waals surface area contributed by atoms with Crippen molar-refractivity contribution in [3.05, 3.63) is 12.2 Å². The zero-order valence-corrected chi connectivity index (χ0v) is 45.4. The van der Waals surface area contributed by atoms with Crippen LogP contribution in [0.3, 0.4) is 0 Å². The lowest BCUT2D eigenvalue weighted by atomic mass is 10.0. The van der Waals surface area contributed by atoms with Crippen LogP contribution in [-0.2, 0) is 14.3 Å². The second-order valence-electron chi connectivity index (χ2n) is 21.0. The van der Waals surface area contributed by atoms with E-state index in [1.165, 1.54) is 276 Å². The van der Waals surface area contributed by atoms with Crippen LogP contribution in [0, 0.1) is 0 Å². The molecule has 0 radical (unpaired) electrons. The van der Waals surface area contributed by atoms with Crippen molar-refractivity contribution in [2.75, 3.05) is 13.2 Å². The van der Waals surface area contributed by atoms with Gasteiger partial charge >= 0.3 is 5.97 Å². The number of carbonyl (C=O) groups excluding carboxylic acids is 2. The number of unbranched alkanes of at least 4 members (excludes halogenated alkanes) is 46. The fourth-order valence-corrected chi connectivity index (χ4v) is 9.64. The van der Waals surface area contributed by atoms with Gasteiger partial charge in [-0.05, 0) is 32.1 Å². The summed E-state index contributed by atoms with van der Waals surface area (Å²) in [5.74, 6) is -0.0476. The van der Waals surface area contributed by atoms with Crippen LogP contribution in [-0.4, -0.2) is 47.4 Å². The minimum atomic E-state index is -0.841. The molecule has 0 bridgehead atoms. The van der Waals surface area contributed by atoms with Crippen molar-refractivity contribution in [3.8, 4) is 0 Å². The molecule has 0 rings (SSSR count). The van der Waals surface area contributed by atoms with Crippen LogP contribution in [0.4, 0.5) is 0 Å². The molecule has 1 amide bonds. The number of ether oxygens (including phenoxy) is 1. The van der Waals surface area contributed by atoms with E-state index in [1.807, 2.05) is 6.08 Å². The first-order valence-electron chi connectivity index (χ1n) is 30.5. The van der Waals surface area contributed by atoms with Crippen LogP contribution >= 0.6 is 0 Å². The average Bonchev–Trinajstić information content (AvgIpc) is 3.33. The van der Waals surface area contributed by atoms with Gasteiger partial charge in [0.05, 0.1) is 25.4 Å². The molecule has 0 aliphatic rings. The molecule has 0 fully saturated rings. The second-order valence-corrected chi connectivity index (χ2v) is 21.0. The molecule has 2 unspecified atom stereocenters. The number of esters is 1. The Balaban J connectivity index is 3.35. The van der Waals surface area contributed by atoms with Crippen molar-refractivity contribution in [2.24, 2.45) is 0 Å². The van der Waals surface area contributed by atoms with E-state index in [1.54, 1.807) is 6.08 Å². The highest BCUT2D eigenvalue weighted by Gasteiger charge is 2.18. The first kappa shape index (κ1) is 65.6. The number of hydrogen-bond donors (Lipinski definition) is 3. The van der Waals surface area contributed by atoms with Crippen LogP contribution in [0.25, 0.3) is 0 Å². The minimum absolute atomic E-state index is 0.0179. The minimum Gasteiger partial charge on any atom is -0.466 e. The predicted octanol–water partition coefficient (Wildman–Crippen LogP) is 18.9.